The molecule has 130 valence electrons. The van der Waals surface area contributed by atoms with Gasteiger partial charge in [0, 0.05) is 12.5 Å². The number of phenols is 1. The molecule has 3 rings (SSSR count). The van der Waals surface area contributed by atoms with Crippen molar-refractivity contribution < 1.29 is 24.1 Å². The van der Waals surface area contributed by atoms with Crippen molar-refractivity contribution in [3.63, 3.8) is 0 Å². The van der Waals surface area contributed by atoms with Crippen LogP contribution in [0.4, 0.5) is 0 Å². The predicted octanol–water partition coefficient (Wildman–Crippen LogP) is 2.65. The first-order valence-electron chi connectivity index (χ1n) is 7.60. The molecule has 1 atom stereocenters. The minimum Gasteiger partial charge on any atom is -0.507 e. The summed E-state index contributed by atoms with van der Waals surface area (Å²) in [6, 6.07) is 11.8. The van der Waals surface area contributed by atoms with E-state index in [1.165, 1.54) is 25.1 Å². The van der Waals surface area contributed by atoms with Gasteiger partial charge in [-0.15, -0.1) is 5.10 Å². The van der Waals surface area contributed by atoms with Gasteiger partial charge in [0.1, 0.15) is 17.2 Å². The van der Waals surface area contributed by atoms with Crippen molar-refractivity contribution in [3.05, 3.63) is 53.6 Å². The molecule has 0 spiro atoms. The van der Waals surface area contributed by atoms with Gasteiger partial charge in [-0.05, 0) is 42.5 Å². The van der Waals surface area contributed by atoms with E-state index in [-0.39, 0.29) is 17.6 Å². The first-order chi connectivity index (χ1) is 12.0. The Bertz CT molecular complexity index is 817. The zero-order valence-electron chi connectivity index (χ0n) is 14.1. The highest BCUT2D eigenvalue weighted by Crippen LogP contribution is 2.37. The summed E-state index contributed by atoms with van der Waals surface area (Å²) < 4.78 is 16.2. The van der Waals surface area contributed by atoms with Crippen molar-refractivity contribution in [1.82, 2.24) is 5.01 Å². The van der Waals surface area contributed by atoms with Crippen molar-refractivity contribution >= 4 is 11.8 Å². The van der Waals surface area contributed by atoms with Crippen molar-refractivity contribution in [3.8, 4) is 17.2 Å². The molecule has 0 aromatic heterocycles. The molecule has 1 N–H and O–H groups in total. The van der Waals surface area contributed by atoms with Crippen LogP contribution in [-0.4, -0.2) is 36.1 Å². The molecule has 0 radical (unpaired) electrons. The Morgan fingerprint density at radius 2 is 1.76 bits per heavy atom. The number of phenolic OH excluding ortho intramolecular Hbond substituents is 1. The number of nitrogens with zero attached hydrogens (tertiary/aromatic N) is 2. The van der Waals surface area contributed by atoms with Crippen molar-refractivity contribution in [2.45, 2.75) is 13.2 Å². The van der Waals surface area contributed by atoms with Crippen LogP contribution in [0.2, 0.25) is 0 Å². The zero-order chi connectivity index (χ0) is 18.0. The molecule has 1 heterocycles. The predicted molar refractivity (Wildman–Crippen MR) is 90.5 cm³/mol. The van der Waals surface area contributed by atoms with Gasteiger partial charge in [-0.3, -0.25) is 4.79 Å². The van der Waals surface area contributed by atoms with Gasteiger partial charge >= 0.3 is 0 Å². The van der Waals surface area contributed by atoms with E-state index in [1.807, 2.05) is 0 Å². The van der Waals surface area contributed by atoms with E-state index in [0.717, 1.165) is 0 Å². The van der Waals surface area contributed by atoms with Crippen LogP contribution < -0.4 is 9.47 Å². The number of rotatable bonds is 4. The van der Waals surface area contributed by atoms with E-state index < -0.39 is 6.23 Å². The third-order valence-corrected chi connectivity index (χ3v) is 3.80. The average Bonchev–Trinajstić information content (AvgIpc) is 3.07. The van der Waals surface area contributed by atoms with Crippen LogP contribution in [-0.2, 0) is 9.53 Å². The molecule has 1 amide bonds. The molecule has 0 aliphatic carbocycles. The third-order valence-electron chi connectivity index (χ3n) is 3.80. The number of benzene rings is 2. The minimum absolute atomic E-state index is 0.0109. The molecule has 0 fully saturated rings. The number of carbonyl (C=O) groups is 1. The van der Waals surface area contributed by atoms with Crippen LogP contribution in [0.5, 0.6) is 17.2 Å². The van der Waals surface area contributed by atoms with Crippen LogP contribution in [0.1, 0.15) is 24.3 Å². The highest BCUT2D eigenvalue weighted by molar-refractivity contribution is 5.96. The molecule has 2 aromatic rings. The maximum atomic E-state index is 12.0. The lowest BCUT2D eigenvalue weighted by Gasteiger charge is -2.20. The SMILES string of the molecule is COc1ccc(C2=NN(C(C)=O)[C@@H](c3cc(OC)ccc3O)O2)cc1. The molecular weight excluding hydrogens is 324 g/mol. The third kappa shape index (κ3) is 3.21. The number of hydrogen-bond donors (Lipinski definition) is 1. The second-order valence-electron chi connectivity index (χ2n) is 5.39. The Labute approximate surface area is 145 Å². The number of hydrazone groups is 1. The summed E-state index contributed by atoms with van der Waals surface area (Å²) in [5, 5.41) is 15.6. The summed E-state index contributed by atoms with van der Waals surface area (Å²) >= 11 is 0. The van der Waals surface area contributed by atoms with Crippen LogP contribution in [0.15, 0.2) is 47.6 Å². The smallest absolute Gasteiger partial charge is 0.243 e. The van der Waals surface area contributed by atoms with Gasteiger partial charge in [0.15, 0.2) is 0 Å². The Kier molecular flexibility index (Phi) is 4.47. The maximum Gasteiger partial charge on any atom is 0.243 e. The molecule has 1 aliphatic heterocycles. The second kappa shape index (κ2) is 6.72. The van der Waals surface area contributed by atoms with Gasteiger partial charge in [-0.25, -0.2) is 0 Å². The van der Waals surface area contributed by atoms with E-state index >= 15 is 0 Å². The van der Waals surface area contributed by atoms with Crippen molar-refractivity contribution in [2.24, 2.45) is 5.10 Å². The molecule has 0 bridgehead atoms. The molecule has 1 aliphatic rings. The number of carbonyl (C=O) groups excluding carboxylic acids is 1. The quantitative estimate of drug-likeness (QED) is 0.924. The lowest BCUT2D eigenvalue weighted by atomic mass is 10.1. The molecule has 7 heteroatoms. The fraction of sp³-hybridized carbons (Fsp3) is 0.222. The van der Waals surface area contributed by atoms with Crippen LogP contribution in [0.25, 0.3) is 0 Å². The maximum absolute atomic E-state index is 12.0. The molecule has 25 heavy (non-hydrogen) atoms. The van der Waals surface area contributed by atoms with Gasteiger partial charge in [-0.1, -0.05) is 0 Å². The van der Waals surface area contributed by atoms with Gasteiger partial charge in [-0.2, -0.15) is 5.01 Å². The summed E-state index contributed by atoms with van der Waals surface area (Å²) in [6.45, 7) is 1.38. The summed E-state index contributed by atoms with van der Waals surface area (Å²) in [6.07, 6.45) is -0.871. The fourth-order valence-corrected chi connectivity index (χ4v) is 2.48. The number of hydrogen-bond acceptors (Lipinski definition) is 6. The minimum atomic E-state index is -0.871. The number of methoxy groups -OCH3 is 2. The summed E-state index contributed by atoms with van der Waals surface area (Å²) in [7, 11) is 3.10. The Morgan fingerprint density at radius 1 is 1.12 bits per heavy atom. The first kappa shape index (κ1) is 16.6. The van der Waals surface area contributed by atoms with Crippen molar-refractivity contribution in [2.75, 3.05) is 14.2 Å². The molecule has 0 saturated carbocycles. The molecule has 0 saturated heterocycles. The number of ether oxygens (including phenoxy) is 3. The molecule has 2 aromatic carbocycles. The van der Waals surface area contributed by atoms with Crippen LogP contribution >= 0.6 is 0 Å². The topological polar surface area (TPSA) is 80.6 Å². The second-order valence-corrected chi connectivity index (χ2v) is 5.39. The monoisotopic (exact) mass is 342 g/mol. The summed E-state index contributed by atoms with van der Waals surface area (Å²) in [5.41, 5.74) is 1.08. The summed E-state index contributed by atoms with van der Waals surface area (Å²) in [5.74, 6) is 1.20. The van der Waals surface area contributed by atoms with E-state index in [4.69, 9.17) is 14.2 Å². The standard InChI is InChI=1S/C18H18N2O5/c1-11(21)20-18(15-10-14(24-3)8-9-16(15)22)25-17(19-20)12-4-6-13(23-2)7-5-12/h4-10,18,22H,1-3H3/t18-/m1/s1. The van der Waals surface area contributed by atoms with E-state index in [1.54, 1.807) is 43.5 Å². The first-order valence-corrected chi connectivity index (χ1v) is 7.60. The van der Waals surface area contributed by atoms with E-state index in [2.05, 4.69) is 5.10 Å². The van der Waals surface area contributed by atoms with Gasteiger partial charge in [0.25, 0.3) is 0 Å². The molecule has 7 nitrogen and oxygen atoms in total. The lowest BCUT2D eigenvalue weighted by molar-refractivity contribution is -0.135. The van der Waals surface area contributed by atoms with Crippen LogP contribution in [0, 0.1) is 0 Å². The van der Waals surface area contributed by atoms with E-state index in [9.17, 15) is 9.90 Å². The number of aromatic hydroxyl groups is 1. The normalized spacial score (nSPS) is 16.2. The van der Waals surface area contributed by atoms with Crippen molar-refractivity contribution in [1.29, 1.82) is 0 Å². The molecule has 0 unspecified atom stereocenters. The number of amides is 1. The highest BCUT2D eigenvalue weighted by Gasteiger charge is 2.35. The van der Waals surface area contributed by atoms with Gasteiger partial charge in [0.05, 0.1) is 19.8 Å². The fourth-order valence-electron chi connectivity index (χ4n) is 2.48. The zero-order valence-corrected chi connectivity index (χ0v) is 14.1. The summed E-state index contributed by atoms with van der Waals surface area (Å²) in [4.78, 5) is 12.0. The lowest BCUT2D eigenvalue weighted by Crippen LogP contribution is -2.25. The molecular formula is C18H18N2O5. The Hall–Kier alpha value is -3.22. The Morgan fingerprint density at radius 3 is 2.36 bits per heavy atom. The Balaban J connectivity index is 1.95. The van der Waals surface area contributed by atoms with Crippen LogP contribution in [0.3, 0.4) is 0 Å². The van der Waals surface area contributed by atoms with Gasteiger partial charge < -0.3 is 19.3 Å². The average molecular weight is 342 g/mol. The largest absolute Gasteiger partial charge is 0.507 e. The highest BCUT2D eigenvalue weighted by atomic mass is 16.5. The van der Waals surface area contributed by atoms with Gasteiger partial charge in [0.2, 0.25) is 18.0 Å². The van der Waals surface area contributed by atoms with E-state index in [0.29, 0.717) is 22.6 Å².